The lowest BCUT2D eigenvalue weighted by atomic mass is 10.0. The molecule has 1 heterocycles. The molecule has 3 aromatic carbocycles. The summed E-state index contributed by atoms with van der Waals surface area (Å²) in [4.78, 5) is 32.1. The number of likely N-dealkylation sites (N-methyl/N-ethyl adjacent to an activating group) is 1. The molecular weight excluding hydrogens is 412 g/mol. The van der Waals surface area contributed by atoms with Gasteiger partial charge in [-0.15, -0.1) is 0 Å². The molecule has 0 fully saturated rings. The molecule has 4 rings (SSSR count). The summed E-state index contributed by atoms with van der Waals surface area (Å²) < 4.78 is 1.80. The standard InChI is InChI=1S/C27H28N4O2/c1-30(27(33)21-13-7-4-8-14-21)22(19-20-11-5-3-6-12-20)17-18-28-26(32)25-29-23-15-9-10-16-24(23)31(25)2/h3-16,22H,17-19H2,1-2H3,(H,28,32)/t22-/m1/s1. The van der Waals surface area contributed by atoms with E-state index in [2.05, 4.69) is 22.4 Å². The van der Waals surface area contributed by atoms with Gasteiger partial charge in [0.25, 0.3) is 11.8 Å². The molecule has 4 aromatic rings. The Balaban J connectivity index is 1.46. The third-order valence-electron chi connectivity index (χ3n) is 5.96. The van der Waals surface area contributed by atoms with E-state index >= 15 is 0 Å². The number of amides is 2. The van der Waals surface area contributed by atoms with Crippen molar-refractivity contribution in [3.63, 3.8) is 0 Å². The zero-order valence-electron chi connectivity index (χ0n) is 18.9. The molecule has 1 aromatic heterocycles. The molecule has 33 heavy (non-hydrogen) atoms. The maximum absolute atomic E-state index is 13.1. The van der Waals surface area contributed by atoms with Crippen molar-refractivity contribution < 1.29 is 9.59 Å². The molecule has 0 saturated heterocycles. The summed E-state index contributed by atoms with van der Waals surface area (Å²) in [5.41, 5.74) is 3.51. The van der Waals surface area contributed by atoms with Crippen molar-refractivity contribution in [1.29, 1.82) is 0 Å². The van der Waals surface area contributed by atoms with Crippen molar-refractivity contribution in [2.75, 3.05) is 13.6 Å². The maximum Gasteiger partial charge on any atom is 0.287 e. The van der Waals surface area contributed by atoms with Gasteiger partial charge in [-0.05, 0) is 42.7 Å². The van der Waals surface area contributed by atoms with E-state index in [1.165, 1.54) is 0 Å². The van der Waals surface area contributed by atoms with Crippen LogP contribution in [0.3, 0.4) is 0 Å². The van der Waals surface area contributed by atoms with E-state index in [4.69, 9.17) is 0 Å². The molecular formula is C27H28N4O2. The lowest BCUT2D eigenvalue weighted by Crippen LogP contribution is -2.41. The predicted molar refractivity (Wildman–Crippen MR) is 130 cm³/mol. The van der Waals surface area contributed by atoms with Gasteiger partial charge in [-0.2, -0.15) is 0 Å². The summed E-state index contributed by atoms with van der Waals surface area (Å²) in [6, 6.07) is 27.0. The van der Waals surface area contributed by atoms with Crippen LogP contribution in [0.25, 0.3) is 11.0 Å². The number of hydrogen-bond acceptors (Lipinski definition) is 3. The molecule has 0 saturated carbocycles. The Labute approximate surface area is 193 Å². The highest BCUT2D eigenvalue weighted by Crippen LogP contribution is 2.16. The molecule has 0 bridgehead atoms. The summed E-state index contributed by atoms with van der Waals surface area (Å²) >= 11 is 0. The minimum Gasteiger partial charge on any atom is -0.349 e. The van der Waals surface area contributed by atoms with Crippen molar-refractivity contribution >= 4 is 22.8 Å². The first kappa shape index (κ1) is 22.3. The van der Waals surface area contributed by atoms with Crippen LogP contribution in [0.2, 0.25) is 0 Å². The highest BCUT2D eigenvalue weighted by atomic mass is 16.2. The number of nitrogens with one attached hydrogen (secondary N) is 1. The first-order chi connectivity index (χ1) is 16.0. The largest absolute Gasteiger partial charge is 0.349 e. The van der Waals surface area contributed by atoms with Crippen LogP contribution in [0.1, 0.15) is 33.0 Å². The van der Waals surface area contributed by atoms with Crippen LogP contribution in [0.4, 0.5) is 0 Å². The second kappa shape index (κ2) is 10.1. The smallest absolute Gasteiger partial charge is 0.287 e. The summed E-state index contributed by atoms with van der Waals surface area (Å²) in [6.07, 6.45) is 1.33. The SMILES string of the molecule is CN(C(=O)c1ccccc1)[C@H](CCNC(=O)c1nc2ccccc2n1C)Cc1ccccc1. The number of carbonyl (C=O) groups is 2. The van der Waals surface area contributed by atoms with E-state index in [-0.39, 0.29) is 17.9 Å². The number of carbonyl (C=O) groups excluding carboxylic acids is 2. The Morgan fingerprint density at radius 2 is 1.58 bits per heavy atom. The number of aryl methyl sites for hydroxylation is 1. The topological polar surface area (TPSA) is 67.2 Å². The summed E-state index contributed by atoms with van der Waals surface area (Å²) in [5, 5.41) is 2.99. The zero-order chi connectivity index (χ0) is 23.2. The number of hydrogen-bond donors (Lipinski definition) is 1. The lowest BCUT2D eigenvalue weighted by molar-refractivity contribution is 0.0722. The fourth-order valence-electron chi connectivity index (χ4n) is 4.05. The number of rotatable bonds is 8. The Kier molecular flexibility index (Phi) is 6.83. The fourth-order valence-corrected chi connectivity index (χ4v) is 4.05. The average Bonchev–Trinajstić information content (AvgIpc) is 3.20. The van der Waals surface area contributed by atoms with Gasteiger partial charge in [-0.25, -0.2) is 4.98 Å². The van der Waals surface area contributed by atoms with Gasteiger partial charge in [-0.3, -0.25) is 9.59 Å². The summed E-state index contributed by atoms with van der Waals surface area (Å²) in [6.45, 7) is 0.436. The summed E-state index contributed by atoms with van der Waals surface area (Å²) in [7, 11) is 3.67. The number of benzene rings is 3. The molecule has 1 atom stereocenters. The van der Waals surface area contributed by atoms with Crippen LogP contribution in [-0.2, 0) is 13.5 Å². The van der Waals surface area contributed by atoms with Crippen LogP contribution in [0.5, 0.6) is 0 Å². The van der Waals surface area contributed by atoms with Gasteiger partial charge >= 0.3 is 0 Å². The Morgan fingerprint density at radius 3 is 2.27 bits per heavy atom. The second-order valence-electron chi connectivity index (χ2n) is 8.15. The molecule has 6 heteroatoms. The molecule has 1 N–H and O–H groups in total. The van der Waals surface area contributed by atoms with E-state index in [0.717, 1.165) is 16.6 Å². The molecule has 0 aliphatic rings. The highest BCUT2D eigenvalue weighted by molar-refractivity contribution is 5.95. The Hall–Kier alpha value is -3.93. The molecule has 168 valence electrons. The molecule has 6 nitrogen and oxygen atoms in total. The molecule has 0 spiro atoms. The van der Waals surface area contributed by atoms with Crippen LogP contribution >= 0.6 is 0 Å². The molecule has 2 amide bonds. The van der Waals surface area contributed by atoms with E-state index < -0.39 is 0 Å². The first-order valence-electron chi connectivity index (χ1n) is 11.1. The van der Waals surface area contributed by atoms with Crippen molar-refractivity contribution in [3.8, 4) is 0 Å². The first-order valence-corrected chi connectivity index (χ1v) is 11.1. The molecule has 0 radical (unpaired) electrons. The lowest BCUT2D eigenvalue weighted by Gasteiger charge is -2.29. The maximum atomic E-state index is 13.1. The van der Waals surface area contributed by atoms with Crippen LogP contribution in [0, 0.1) is 0 Å². The average molecular weight is 441 g/mol. The van der Waals surface area contributed by atoms with Gasteiger partial charge in [0, 0.05) is 32.2 Å². The number of imidazole rings is 1. The van der Waals surface area contributed by atoms with Gasteiger partial charge in [0.05, 0.1) is 11.0 Å². The van der Waals surface area contributed by atoms with Crippen LogP contribution in [0.15, 0.2) is 84.9 Å². The van der Waals surface area contributed by atoms with Crippen LogP contribution < -0.4 is 5.32 Å². The van der Waals surface area contributed by atoms with Crippen molar-refractivity contribution in [3.05, 3.63) is 102 Å². The van der Waals surface area contributed by atoms with Gasteiger partial charge in [0.15, 0.2) is 5.82 Å². The fraction of sp³-hybridized carbons (Fsp3) is 0.222. The number of para-hydroxylation sites is 2. The summed E-state index contributed by atoms with van der Waals surface area (Å²) in [5.74, 6) is 0.131. The third kappa shape index (κ3) is 5.12. The van der Waals surface area contributed by atoms with Gasteiger partial charge in [0.1, 0.15) is 0 Å². The van der Waals surface area contributed by atoms with E-state index in [0.29, 0.717) is 30.8 Å². The van der Waals surface area contributed by atoms with Crippen molar-refractivity contribution in [2.24, 2.45) is 7.05 Å². The van der Waals surface area contributed by atoms with Crippen LogP contribution in [-0.4, -0.2) is 45.9 Å². The molecule has 0 unspecified atom stereocenters. The van der Waals surface area contributed by atoms with Gasteiger partial charge < -0.3 is 14.8 Å². The van der Waals surface area contributed by atoms with Gasteiger partial charge in [0.2, 0.25) is 0 Å². The molecule has 0 aliphatic carbocycles. The number of aromatic nitrogens is 2. The zero-order valence-corrected chi connectivity index (χ0v) is 18.9. The number of nitrogens with zero attached hydrogens (tertiary/aromatic N) is 3. The minimum atomic E-state index is -0.218. The Bertz CT molecular complexity index is 1230. The Morgan fingerprint density at radius 1 is 0.939 bits per heavy atom. The van der Waals surface area contributed by atoms with E-state index in [1.54, 1.807) is 9.47 Å². The highest BCUT2D eigenvalue weighted by Gasteiger charge is 2.22. The quantitative estimate of drug-likeness (QED) is 0.449. The minimum absolute atomic E-state index is 0.0294. The van der Waals surface area contributed by atoms with E-state index in [9.17, 15) is 9.59 Å². The normalized spacial score (nSPS) is 11.8. The van der Waals surface area contributed by atoms with Crippen molar-refractivity contribution in [1.82, 2.24) is 19.8 Å². The van der Waals surface area contributed by atoms with Gasteiger partial charge in [-0.1, -0.05) is 60.7 Å². The van der Waals surface area contributed by atoms with E-state index in [1.807, 2.05) is 86.9 Å². The monoisotopic (exact) mass is 440 g/mol. The van der Waals surface area contributed by atoms with Crippen molar-refractivity contribution in [2.45, 2.75) is 18.9 Å². The predicted octanol–water partition coefficient (Wildman–Crippen LogP) is 4.08. The number of fused-ring (bicyclic) bond motifs is 1. The third-order valence-corrected chi connectivity index (χ3v) is 5.96. The molecule has 0 aliphatic heterocycles. The second-order valence-corrected chi connectivity index (χ2v) is 8.15.